The number of fused-ring (bicyclic) bond motifs is 1. The van der Waals surface area contributed by atoms with Gasteiger partial charge in [-0.25, -0.2) is 14.5 Å². The fourth-order valence-corrected chi connectivity index (χ4v) is 3.18. The molecule has 23 heavy (non-hydrogen) atoms. The minimum Gasteiger partial charge on any atom is -0.248 e. The lowest BCUT2D eigenvalue weighted by molar-refractivity contribution is -0.137. The Bertz CT molecular complexity index is 851. The van der Waals surface area contributed by atoms with Crippen molar-refractivity contribution in [3.05, 3.63) is 47.1 Å². The summed E-state index contributed by atoms with van der Waals surface area (Å²) in [4.78, 5) is 11.9. The summed E-state index contributed by atoms with van der Waals surface area (Å²) in [6, 6.07) is 2.64. The molecule has 0 aliphatic carbocycles. The minimum absolute atomic E-state index is 0.0411. The zero-order valence-corrected chi connectivity index (χ0v) is 13.2. The molecule has 0 saturated heterocycles. The van der Waals surface area contributed by atoms with Gasteiger partial charge < -0.3 is 0 Å². The van der Waals surface area contributed by atoms with Crippen LogP contribution in [0.5, 0.6) is 0 Å². The molecule has 1 unspecified atom stereocenters. The van der Waals surface area contributed by atoms with E-state index in [4.69, 9.17) is 11.6 Å². The van der Waals surface area contributed by atoms with Gasteiger partial charge in [0, 0.05) is 12.4 Å². The van der Waals surface area contributed by atoms with E-state index >= 15 is 0 Å². The zero-order valence-electron chi connectivity index (χ0n) is 11.6. The molecular weight excluding hydrogens is 351 g/mol. The first-order valence-corrected chi connectivity index (χ1v) is 7.66. The number of thioether (sulfide) groups is 1. The van der Waals surface area contributed by atoms with E-state index in [1.807, 2.05) is 6.92 Å². The lowest BCUT2D eigenvalue weighted by Gasteiger charge is -2.14. The molecule has 0 saturated carbocycles. The maximum Gasteiger partial charge on any atom is 0.417 e. The summed E-state index contributed by atoms with van der Waals surface area (Å²) in [5.41, 5.74) is -0.0858. The van der Waals surface area contributed by atoms with E-state index in [0.717, 1.165) is 18.0 Å². The van der Waals surface area contributed by atoms with Crippen LogP contribution in [0.2, 0.25) is 5.02 Å². The molecule has 0 radical (unpaired) electrons. The Labute approximate surface area is 137 Å². The standard InChI is InChI=1S/C13H9ClF3N5S/c1-7(10-2-3-18-12-20-6-21-22(10)12)23-11-9(14)4-8(5-19-11)13(15,16)17/h2-7H,1H3. The smallest absolute Gasteiger partial charge is 0.248 e. The highest BCUT2D eigenvalue weighted by Gasteiger charge is 2.31. The average Bonchev–Trinajstić information content (AvgIpc) is 2.96. The van der Waals surface area contributed by atoms with E-state index in [1.165, 1.54) is 18.1 Å². The Morgan fingerprint density at radius 1 is 1.26 bits per heavy atom. The number of hydrogen-bond donors (Lipinski definition) is 0. The average molecular weight is 360 g/mol. The molecular formula is C13H9ClF3N5S. The van der Waals surface area contributed by atoms with Gasteiger partial charge in [0.1, 0.15) is 11.4 Å². The van der Waals surface area contributed by atoms with Crippen LogP contribution in [0, 0.1) is 0 Å². The Morgan fingerprint density at radius 3 is 2.74 bits per heavy atom. The molecule has 3 heterocycles. The van der Waals surface area contributed by atoms with Crippen molar-refractivity contribution in [2.24, 2.45) is 0 Å². The molecule has 10 heteroatoms. The van der Waals surface area contributed by atoms with E-state index in [2.05, 4.69) is 20.1 Å². The largest absolute Gasteiger partial charge is 0.417 e. The van der Waals surface area contributed by atoms with Gasteiger partial charge in [-0.3, -0.25) is 0 Å². The van der Waals surface area contributed by atoms with E-state index in [0.29, 0.717) is 10.8 Å². The van der Waals surface area contributed by atoms with Gasteiger partial charge in [0.05, 0.1) is 21.5 Å². The lowest BCUT2D eigenvalue weighted by atomic mass is 10.3. The summed E-state index contributed by atoms with van der Waals surface area (Å²) in [6.45, 7) is 1.87. The number of hydrogen-bond acceptors (Lipinski definition) is 5. The molecule has 0 fully saturated rings. The number of pyridine rings is 1. The van der Waals surface area contributed by atoms with Crippen LogP contribution >= 0.6 is 23.4 Å². The molecule has 3 rings (SSSR count). The van der Waals surface area contributed by atoms with Crippen LogP contribution in [-0.2, 0) is 6.18 Å². The minimum atomic E-state index is -4.47. The van der Waals surface area contributed by atoms with E-state index < -0.39 is 11.7 Å². The number of rotatable bonds is 3. The maximum atomic E-state index is 12.6. The van der Waals surface area contributed by atoms with Gasteiger partial charge in [-0.05, 0) is 19.1 Å². The van der Waals surface area contributed by atoms with Gasteiger partial charge in [-0.15, -0.1) is 0 Å². The van der Waals surface area contributed by atoms with Crippen molar-refractivity contribution in [1.29, 1.82) is 0 Å². The van der Waals surface area contributed by atoms with Gasteiger partial charge >= 0.3 is 6.18 Å². The second-order valence-corrected chi connectivity index (χ2v) is 6.35. The zero-order chi connectivity index (χ0) is 16.6. The number of aromatic nitrogens is 5. The van der Waals surface area contributed by atoms with Gasteiger partial charge in [0.15, 0.2) is 0 Å². The van der Waals surface area contributed by atoms with Crippen LogP contribution in [0.3, 0.4) is 0 Å². The van der Waals surface area contributed by atoms with Crippen LogP contribution in [-0.4, -0.2) is 24.6 Å². The third kappa shape index (κ3) is 3.25. The first kappa shape index (κ1) is 16.0. The van der Waals surface area contributed by atoms with Crippen molar-refractivity contribution in [1.82, 2.24) is 24.6 Å². The monoisotopic (exact) mass is 359 g/mol. The Kier molecular flexibility index (Phi) is 4.15. The van der Waals surface area contributed by atoms with Gasteiger partial charge in [-0.1, -0.05) is 23.4 Å². The highest BCUT2D eigenvalue weighted by Crippen LogP contribution is 2.39. The molecule has 3 aromatic rings. The third-order valence-electron chi connectivity index (χ3n) is 3.05. The number of halogens is 4. The second-order valence-electron chi connectivity index (χ2n) is 4.61. The maximum absolute atomic E-state index is 12.6. The summed E-state index contributed by atoms with van der Waals surface area (Å²) < 4.78 is 39.5. The number of nitrogens with zero attached hydrogens (tertiary/aromatic N) is 5. The molecule has 0 amide bonds. The molecule has 0 aliphatic heterocycles. The fraction of sp³-hybridized carbons (Fsp3) is 0.231. The van der Waals surface area contributed by atoms with Crippen LogP contribution in [0.4, 0.5) is 13.2 Å². The normalized spacial score (nSPS) is 13.4. The molecule has 0 spiro atoms. The molecule has 0 aliphatic rings. The summed E-state index contributed by atoms with van der Waals surface area (Å²) in [5, 5.41) is 4.19. The predicted molar refractivity (Wildman–Crippen MR) is 79.3 cm³/mol. The fourth-order valence-electron chi connectivity index (χ4n) is 1.96. The highest BCUT2D eigenvalue weighted by molar-refractivity contribution is 7.99. The third-order valence-corrected chi connectivity index (χ3v) is 4.59. The van der Waals surface area contributed by atoms with Gasteiger partial charge in [0.25, 0.3) is 5.78 Å². The van der Waals surface area contributed by atoms with Crippen molar-refractivity contribution >= 4 is 29.1 Å². The Hall–Kier alpha value is -1.87. The summed E-state index contributed by atoms with van der Waals surface area (Å²) >= 11 is 7.17. The lowest BCUT2D eigenvalue weighted by Crippen LogP contribution is -2.06. The molecule has 0 N–H and O–H groups in total. The molecule has 0 aromatic carbocycles. The second kappa shape index (κ2) is 5.97. The van der Waals surface area contributed by atoms with E-state index in [9.17, 15) is 13.2 Å². The van der Waals surface area contributed by atoms with Gasteiger partial charge in [-0.2, -0.15) is 23.3 Å². The van der Waals surface area contributed by atoms with E-state index in [-0.39, 0.29) is 10.3 Å². The summed E-state index contributed by atoms with van der Waals surface area (Å²) in [7, 11) is 0. The van der Waals surface area contributed by atoms with Crippen LogP contribution < -0.4 is 0 Å². The van der Waals surface area contributed by atoms with Crippen molar-refractivity contribution in [2.75, 3.05) is 0 Å². The first-order chi connectivity index (χ1) is 10.9. The van der Waals surface area contributed by atoms with Crippen LogP contribution in [0.25, 0.3) is 5.78 Å². The first-order valence-electron chi connectivity index (χ1n) is 6.40. The molecule has 3 aromatic heterocycles. The molecule has 5 nitrogen and oxygen atoms in total. The molecule has 0 bridgehead atoms. The van der Waals surface area contributed by atoms with Crippen LogP contribution in [0.1, 0.15) is 23.4 Å². The van der Waals surface area contributed by atoms with Crippen molar-refractivity contribution < 1.29 is 13.2 Å². The van der Waals surface area contributed by atoms with Crippen molar-refractivity contribution in [2.45, 2.75) is 23.4 Å². The SMILES string of the molecule is CC(Sc1ncc(C(F)(F)F)cc1Cl)c1ccnc2ncnn12. The van der Waals surface area contributed by atoms with Crippen LogP contribution in [0.15, 0.2) is 35.9 Å². The summed E-state index contributed by atoms with van der Waals surface area (Å²) in [6.07, 6.45) is -0.716. The summed E-state index contributed by atoms with van der Waals surface area (Å²) in [5.74, 6) is 0.446. The quantitative estimate of drug-likeness (QED) is 0.660. The predicted octanol–water partition coefficient (Wildman–Crippen LogP) is 4.04. The number of alkyl halides is 3. The Morgan fingerprint density at radius 2 is 2.04 bits per heavy atom. The molecule has 120 valence electrons. The topological polar surface area (TPSA) is 56.0 Å². The van der Waals surface area contributed by atoms with Crippen molar-refractivity contribution in [3.63, 3.8) is 0 Å². The van der Waals surface area contributed by atoms with Gasteiger partial charge in [0.2, 0.25) is 0 Å². The highest BCUT2D eigenvalue weighted by atomic mass is 35.5. The van der Waals surface area contributed by atoms with E-state index in [1.54, 1.807) is 16.8 Å². The van der Waals surface area contributed by atoms with Crippen molar-refractivity contribution in [3.8, 4) is 0 Å². The molecule has 1 atom stereocenters. The Balaban J connectivity index is 1.88.